The molecule has 1 aliphatic rings. The number of anilines is 1. The highest BCUT2D eigenvalue weighted by molar-refractivity contribution is 6.30. The highest BCUT2D eigenvalue weighted by Gasteiger charge is 2.30. The average Bonchev–Trinajstić information content (AvgIpc) is 2.59. The molecule has 0 aliphatic carbocycles. The molecule has 2 amide bonds. The molecule has 0 saturated carbocycles. The third-order valence-corrected chi connectivity index (χ3v) is 4.73. The first-order valence-corrected chi connectivity index (χ1v) is 10.2. The number of hydrogen-bond acceptors (Lipinski definition) is 4. The Morgan fingerprint density at radius 3 is 2.18 bits per heavy atom. The molecular formula is C21H32ClN3O3. The molecule has 7 heteroatoms. The summed E-state index contributed by atoms with van der Waals surface area (Å²) in [4.78, 5) is 29.3. The quantitative estimate of drug-likeness (QED) is 0.800. The third kappa shape index (κ3) is 6.89. The van der Waals surface area contributed by atoms with Crippen LogP contribution in [0.5, 0.6) is 0 Å². The minimum absolute atomic E-state index is 0.0460. The Balaban J connectivity index is 1.96. The van der Waals surface area contributed by atoms with Crippen LogP contribution < -0.4 is 10.2 Å². The van der Waals surface area contributed by atoms with Crippen LogP contribution >= 0.6 is 11.6 Å². The lowest BCUT2D eigenvalue weighted by Crippen LogP contribution is -2.55. The number of nitrogens with zero attached hydrogens (tertiary/aromatic N) is 2. The molecule has 1 heterocycles. The summed E-state index contributed by atoms with van der Waals surface area (Å²) in [7, 11) is 0. The van der Waals surface area contributed by atoms with E-state index in [1.54, 1.807) is 0 Å². The van der Waals surface area contributed by atoms with Gasteiger partial charge in [0.25, 0.3) is 0 Å². The van der Waals surface area contributed by atoms with Crippen molar-refractivity contribution in [2.45, 2.75) is 52.7 Å². The number of ether oxygens (including phenoxy) is 1. The van der Waals surface area contributed by atoms with Gasteiger partial charge in [-0.25, -0.2) is 4.79 Å². The van der Waals surface area contributed by atoms with Crippen LogP contribution in [0.4, 0.5) is 10.5 Å². The van der Waals surface area contributed by atoms with Crippen LogP contribution in [-0.4, -0.2) is 54.7 Å². The molecular weight excluding hydrogens is 378 g/mol. The summed E-state index contributed by atoms with van der Waals surface area (Å²) in [5, 5.41) is 3.48. The number of rotatable bonds is 5. The summed E-state index contributed by atoms with van der Waals surface area (Å²) in [6.45, 7) is 12.2. The number of carbonyl (C=O) groups is 2. The minimum Gasteiger partial charge on any atom is -0.444 e. The van der Waals surface area contributed by atoms with E-state index in [1.165, 1.54) is 0 Å². The van der Waals surface area contributed by atoms with Gasteiger partial charge in [-0.2, -0.15) is 0 Å². The van der Waals surface area contributed by atoms with Gasteiger partial charge in [0.05, 0.1) is 0 Å². The van der Waals surface area contributed by atoms with Gasteiger partial charge < -0.3 is 19.9 Å². The predicted octanol–water partition coefficient (Wildman–Crippen LogP) is 3.93. The molecule has 0 spiro atoms. The van der Waals surface area contributed by atoms with Crippen LogP contribution in [-0.2, 0) is 9.53 Å². The van der Waals surface area contributed by atoms with Gasteiger partial charge in [-0.1, -0.05) is 25.4 Å². The van der Waals surface area contributed by atoms with Gasteiger partial charge in [0.2, 0.25) is 5.91 Å². The fourth-order valence-corrected chi connectivity index (χ4v) is 3.33. The molecule has 1 aliphatic heterocycles. The monoisotopic (exact) mass is 409 g/mol. The lowest BCUT2D eigenvalue weighted by molar-refractivity contribution is -0.134. The van der Waals surface area contributed by atoms with Gasteiger partial charge in [-0.3, -0.25) is 4.79 Å². The largest absolute Gasteiger partial charge is 0.444 e. The van der Waals surface area contributed by atoms with Crippen LogP contribution in [0.25, 0.3) is 0 Å². The Morgan fingerprint density at radius 1 is 1.11 bits per heavy atom. The zero-order chi connectivity index (χ0) is 20.9. The van der Waals surface area contributed by atoms with E-state index in [1.807, 2.05) is 63.8 Å². The van der Waals surface area contributed by atoms with Crippen molar-refractivity contribution >= 4 is 29.3 Å². The van der Waals surface area contributed by atoms with Gasteiger partial charge in [0.15, 0.2) is 0 Å². The molecule has 1 fully saturated rings. The SMILES string of the molecule is CC(C)CC(NC(=O)OC(C)(C)C)C(=O)N1CCN(c2ccc(Cl)cc2)CC1. The molecule has 1 aromatic carbocycles. The lowest BCUT2D eigenvalue weighted by Gasteiger charge is -2.38. The lowest BCUT2D eigenvalue weighted by atomic mass is 10.0. The maximum Gasteiger partial charge on any atom is 0.408 e. The van der Waals surface area contributed by atoms with Crippen molar-refractivity contribution in [2.24, 2.45) is 5.92 Å². The first kappa shape index (κ1) is 22.3. The van der Waals surface area contributed by atoms with E-state index < -0.39 is 17.7 Å². The number of hydrogen-bond donors (Lipinski definition) is 1. The second kappa shape index (κ2) is 9.50. The number of alkyl carbamates (subject to hydrolysis) is 1. The van der Waals surface area contributed by atoms with E-state index in [9.17, 15) is 9.59 Å². The number of benzene rings is 1. The Hall–Kier alpha value is -1.95. The molecule has 1 saturated heterocycles. The fraction of sp³-hybridized carbons (Fsp3) is 0.619. The molecule has 0 bridgehead atoms. The Labute approximate surface area is 173 Å². The van der Waals surface area contributed by atoms with E-state index in [0.717, 1.165) is 18.8 Å². The minimum atomic E-state index is -0.598. The van der Waals surface area contributed by atoms with E-state index in [2.05, 4.69) is 10.2 Å². The molecule has 0 radical (unpaired) electrons. The number of nitrogens with one attached hydrogen (secondary N) is 1. The number of piperazine rings is 1. The summed E-state index contributed by atoms with van der Waals surface area (Å²) in [5.41, 5.74) is 0.502. The summed E-state index contributed by atoms with van der Waals surface area (Å²) >= 11 is 5.96. The number of carbonyl (C=O) groups excluding carboxylic acids is 2. The number of halogens is 1. The second-order valence-corrected chi connectivity index (χ2v) is 9.05. The summed E-state index contributed by atoms with van der Waals surface area (Å²) < 4.78 is 5.33. The fourth-order valence-electron chi connectivity index (χ4n) is 3.20. The van der Waals surface area contributed by atoms with Crippen molar-refractivity contribution in [2.75, 3.05) is 31.1 Å². The van der Waals surface area contributed by atoms with Gasteiger partial charge >= 0.3 is 6.09 Å². The molecule has 28 heavy (non-hydrogen) atoms. The maximum atomic E-state index is 13.0. The van der Waals surface area contributed by atoms with E-state index in [-0.39, 0.29) is 11.8 Å². The Kier molecular flexibility index (Phi) is 7.58. The zero-order valence-corrected chi connectivity index (χ0v) is 18.3. The van der Waals surface area contributed by atoms with Crippen LogP contribution in [0, 0.1) is 5.92 Å². The highest BCUT2D eigenvalue weighted by Crippen LogP contribution is 2.20. The van der Waals surface area contributed by atoms with E-state index in [4.69, 9.17) is 16.3 Å². The normalized spacial score (nSPS) is 16.1. The molecule has 1 aromatic rings. The second-order valence-electron chi connectivity index (χ2n) is 8.62. The first-order valence-electron chi connectivity index (χ1n) is 9.84. The molecule has 6 nitrogen and oxygen atoms in total. The van der Waals surface area contributed by atoms with Crippen LogP contribution in [0.1, 0.15) is 41.0 Å². The Morgan fingerprint density at radius 2 is 1.68 bits per heavy atom. The molecule has 1 N–H and O–H groups in total. The van der Waals surface area contributed by atoms with Gasteiger partial charge in [-0.15, -0.1) is 0 Å². The predicted molar refractivity (Wildman–Crippen MR) is 113 cm³/mol. The topological polar surface area (TPSA) is 61.9 Å². The van der Waals surface area contributed by atoms with Crippen molar-refractivity contribution in [3.05, 3.63) is 29.3 Å². The summed E-state index contributed by atoms with van der Waals surface area (Å²) in [5.74, 6) is 0.231. The van der Waals surface area contributed by atoms with Gasteiger partial charge in [0.1, 0.15) is 11.6 Å². The smallest absolute Gasteiger partial charge is 0.408 e. The van der Waals surface area contributed by atoms with E-state index >= 15 is 0 Å². The van der Waals surface area contributed by atoms with Crippen molar-refractivity contribution in [1.82, 2.24) is 10.2 Å². The first-order chi connectivity index (χ1) is 13.0. The van der Waals surface area contributed by atoms with Gasteiger partial charge in [0, 0.05) is 36.9 Å². The van der Waals surface area contributed by atoms with Crippen molar-refractivity contribution < 1.29 is 14.3 Å². The van der Waals surface area contributed by atoms with Crippen molar-refractivity contribution in [3.8, 4) is 0 Å². The molecule has 1 unspecified atom stereocenters. The van der Waals surface area contributed by atoms with Crippen LogP contribution in [0.3, 0.4) is 0 Å². The summed E-state index contributed by atoms with van der Waals surface area (Å²) in [6, 6.07) is 7.16. The third-order valence-electron chi connectivity index (χ3n) is 4.48. The maximum absolute atomic E-state index is 13.0. The van der Waals surface area contributed by atoms with Crippen LogP contribution in [0.2, 0.25) is 5.02 Å². The summed E-state index contributed by atoms with van der Waals surface area (Å²) in [6.07, 6.45) is 0.0291. The van der Waals surface area contributed by atoms with Crippen molar-refractivity contribution in [1.29, 1.82) is 0 Å². The standard InChI is InChI=1S/C21H32ClN3O3/c1-15(2)14-18(23-20(27)28-21(3,4)5)19(26)25-12-10-24(11-13-25)17-8-6-16(22)7-9-17/h6-9,15,18H,10-14H2,1-5H3,(H,23,27). The highest BCUT2D eigenvalue weighted by atomic mass is 35.5. The molecule has 2 rings (SSSR count). The van der Waals surface area contributed by atoms with Gasteiger partial charge in [-0.05, 0) is 57.4 Å². The molecule has 156 valence electrons. The Bertz CT molecular complexity index is 662. The van der Waals surface area contributed by atoms with E-state index in [0.29, 0.717) is 24.5 Å². The van der Waals surface area contributed by atoms with Crippen LogP contribution in [0.15, 0.2) is 24.3 Å². The number of amides is 2. The molecule has 0 aromatic heterocycles. The average molecular weight is 410 g/mol. The zero-order valence-electron chi connectivity index (χ0n) is 17.5. The van der Waals surface area contributed by atoms with Crippen molar-refractivity contribution in [3.63, 3.8) is 0 Å². The molecule has 1 atom stereocenters.